The molecule has 0 aromatic carbocycles. The summed E-state index contributed by atoms with van der Waals surface area (Å²) >= 11 is 0. The lowest BCUT2D eigenvalue weighted by Crippen LogP contribution is -2.32. The van der Waals surface area contributed by atoms with Crippen molar-refractivity contribution in [2.75, 3.05) is 5.75 Å². The van der Waals surface area contributed by atoms with Crippen molar-refractivity contribution >= 4 is 16.0 Å². The zero-order valence-electron chi connectivity index (χ0n) is 11.5. The van der Waals surface area contributed by atoms with Crippen LogP contribution in [0.5, 0.6) is 0 Å². The second-order valence-corrected chi connectivity index (χ2v) is 6.29. The summed E-state index contributed by atoms with van der Waals surface area (Å²) in [7, 11) is -3.72. The van der Waals surface area contributed by atoms with Gasteiger partial charge in [0, 0.05) is 23.5 Å². The maximum absolute atomic E-state index is 11.8. The zero-order valence-corrected chi connectivity index (χ0v) is 12.3. The molecule has 0 aliphatic heterocycles. The highest BCUT2D eigenvalue weighted by Gasteiger charge is 2.22. The van der Waals surface area contributed by atoms with Gasteiger partial charge in [0.15, 0.2) is 0 Å². The molecule has 1 aromatic rings. The monoisotopic (exact) mass is 303 g/mol. The van der Waals surface area contributed by atoms with Crippen molar-refractivity contribution in [3.8, 4) is 0 Å². The maximum atomic E-state index is 11.8. The van der Waals surface area contributed by atoms with E-state index in [4.69, 9.17) is 10.2 Å². The Balaban J connectivity index is 3.36. The van der Waals surface area contributed by atoms with Gasteiger partial charge >= 0.3 is 11.7 Å². The molecule has 1 unspecified atom stereocenters. The van der Waals surface area contributed by atoms with Crippen molar-refractivity contribution in [2.45, 2.75) is 33.2 Å². The van der Waals surface area contributed by atoms with Crippen molar-refractivity contribution in [3.05, 3.63) is 27.4 Å². The number of aliphatic carboxylic acids is 1. The molecule has 1 atom stereocenters. The highest BCUT2D eigenvalue weighted by molar-refractivity contribution is 7.89. The number of primary sulfonamides is 1. The molecule has 3 N–H and O–H groups in total. The lowest BCUT2D eigenvalue weighted by Gasteiger charge is -2.17. The average molecular weight is 303 g/mol. The largest absolute Gasteiger partial charge is 0.481 e. The number of hydrogen-bond acceptors (Lipinski definition) is 5. The Labute approximate surface area is 116 Å². The van der Waals surface area contributed by atoms with E-state index in [0.29, 0.717) is 17.0 Å². The van der Waals surface area contributed by atoms with Crippen molar-refractivity contribution in [1.82, 2.24) is 9.55 Å². The molecule has 8 nitrogen and oxygen atoms in total. The fraction of sp³-hybridized carbons (Fsp3) is 0.545. The van der Waals surface area contributed by atoms with Gasteiger partial charge in [-0.1, -0.05) is 0 Å². The van der Waals surface area contributed by atoms with E-state index in [1.165, 1.54) is 6.92 Å². The maximum Gasteiger partial charge on any atom is 0.348 e. The van der Waals surface area contributed by atoms with Crippen molar-refractivity contribution in [1.29, 1.82) is 0 Å². The van der Waals surface area contributed by atoms with E-state index in [-0.39, 0.29) is 6.54 Å². The van der Waals surface area contributed by atoms with Gasteiger partial charge < -0.3 is 5.11 Å². The summed E-state index contributed by atoms with van der Waals surface area (Å²) in [4.78, 5) is 26.6. The predicted octanol–water partition coefficient (Wildman–Crippen LogP) is -0.663. The van der Waals surface area contributed by atoms with Gasteiger partial charge in [0.2, 0.25) is 10.0 Å². The Morgan fingerprint density at radius 2 is 2.00 bits per heavy atom. The molecule has 0 bridgehead atoms. The summed E-state index contributed by atoms with van der Waals surface area (Å²) < 4.78 is 23.1. The molecule has 0 radical (unpaired) electrons. The molecule has 0 spiro atoms. The van der Waals surface area contributed by atoms with E-state index in [2.05, 4.69) is 4.98 Å². The van der Waals surface area contributed by atoms with Gasteiger partial charge in [0.1, 0.15) is 0 Å². The van der Waals surface area contributed by atoms with Crippen LogP contribution >= 0.6 is 0 Å². The van der Waals surface area contributed by atoms with Gasteiger partial charge in [-0.25, -0.2) is 18.4 Å². The van der Waals surface area contributed by atoms with Crippen LogP contribution in [0.1, 0.15) is 29.8 Å². The number of sulfonamides is 1. The first-order chi connectivity index (χ1) is 9.04. The van der Waals surface area contributed by atoms with E-state index in [9.17, 15) is 18.0 Å². The number of hydrogen-bond donors (Lipinski definition) is 2. The summed E-state index contributed by atoms with van der Waals surface area (Å²) in [6, 6.07) is 0. The van der Waals surface area contributed by atoms with Crippen LogP contribution in [0.3, 0.4) is 0 Å². The molecule has 0 fully saturated rings. The van der Waals surface area contributed by atoms with Crippen LogP contribution in [-0.2, 0) is 21.4 Å². The summed E-state index contributed by atoms with van der Waals surface area (Å²) in [5.74, 6) is -2.31. The fourth-order valence-electron chi connectivity index (χ4n) is 2.05. The third-order valence-electron chi connectivity index (χ3n) is 3.08. The van der Waals surface area contributed by atoms with E-state index in [1.54, 1.807) is 13.8 Å². The first-order valence-electron chi connectivity index (χ1n) is 5.85. The number of carboxylic acids is 1. The minimum absolute atomic E-state index is 0.157. The SMILES string of the molecule is Cc1nc(=O)n(CCS(N)(=O)=O)c(C)c1C(C)C(=O)O. The molecule has 20 heavy (non-hydrogen) atoms. The van der Waals surface area contributed by atoms with Gasteiger partial charge in [-0.15, -0.1) is 0 Å². The van der Waals surface area contributed by atoms with Crippen LogP contribution in [0.15, 0.2) is 4.79 Å². The van der Waals surface area contributed by atoms with Crippen molar-refractivity contribution < 1.29 is 18.3 Å². The number of carboxylic acid groups (broad SMARTS) is 1. The average Bonchev–Trinajstić information content (AvgIpc) is 2.26. The third-order valence-corrected chi connectivity index (χ3v) is 3.83. The van der Waals surface area contributed by atoms with Crippen LogP contribution in [0.25, 0.3) is 0 Å². The van der Waals surface area contributed by atoms with Crippen molar-refractivity contribution in [2.24, 2.45) is 5.14 Å². The molecule has 1 heterocycles. The van der Waals surface area contributed by atoms with Gasteiger partial charge in [-0.2, -0.15) is 4.98 Å². The molecule has 9 heteroatoms. The second-order valence-electron chi connectivity index (χ2n) is 4.56. The standard InChI is InChI=1S/C11H17N3O5S/c1-6(10(15)16)9-7(2)13-11(17)14(8(9)3)4-5-20(12,18)19/h6H,4-5H2,1-3H3,(H,15,16)(H2,12,18,19). The first kappa shape index (κ1) is 16.3. The number of aromatic nitrogens is 2. The molecule has 0 aliphatic rings. The summed E-state index contributed by atoms with van der Waals surface area (Å²) in [5, 5.41) is 14.0. The Bertz CT molecular complexity index is 693. The first-order valence-corrected chi connectivity index (χ1v) is 7.57. The lowest BCUT2D eigenvalue weighted by molar-refractivity contribution is -0.138. The van der Waals surface area contributed by atoms with E-state index < -0.39 is 33.4 Å². The molecule has 1 aromatic heterocycles. The van der Waals surface area contributed by atoms with E-state index in [1.807, 2.05) is 0 Å². The molecular weight excluding hydrogens is 286 g/mol. The van der Waals surface area contributed by atoms with E-state index >= 15 is 0 Å². The smallest absolute Gasteiger partial charge is 0.348 e. The zero-order chi connectivity index (χ0) is 15.7. The Morgan fingerprint density at radius 3 is 2.45 bits per heavy atom. The molecule has 0 saturated carbocycles. The molecule has 0 aliphatic carbocycles. The predicted molar refractivity (Wildman–Crippen MR) is 72.0 cm³/mol. The topological polar surface area (TPSA) is 132 Å². The molecule has 0 saturated heterocycles. The lowest BCUT2D eigenvalue weighted by atomic mass is 9.98. The number of aryl methyl sites for hydroxylation is 1. The van der Waals surface area contributed by atoms with Crippen LogP contribution in [0, 0.1) is 13.8 Å². The third kappa shape index (κ3) is 3.64. The van der Waals surface area contributed by atoms with Gasteiger partial charge in [-0.05, 0) is 20.8 Å². The van der Waals surface area contributed by atoms with E-state index in [0.717, 1.165) is 4.57 Å². The quantitative estimate of drug-likeness (QED) is 0.741. The van der Waals surface area contributed by atoms with Gasteiger partial charge in [-0.3, -0.25) is 9.36 Å². The van der Waals surface area contributed by atoms with Crippen LogP contribution in [0.4, 0.5) is 0 Å². The minimum atomic E-state index is -3.72. The van der Waals surface area contributed by atoms with Crippen LogP contribution in [-0.4, -0.2) is 34.8 Å². The fourth-order valence-corrected chi connectivity index (χ4v) is 2.48. The normalized spacial score (nSPS) is 13.2. The highest BCUT2D eigenvalue weighted by Crippen LogP contribution is 2.21. The van der Waals surface area contributed by atoms with Crippen LogP contribution in [0.2, 0.25) is 0 Å². The highest BCUT2D eigenvalue weighted by atomic mass is 32.2. The second kappa shape index (κ2) is 5.71. The summed E-state index contributed by atoms with van der Waals surface area (Å²) in [6.07, 6.45) is 0. The summed E-state index contributed by atoms with van der Waals surface area (Å²) in [6.45, 7) is 4.44. The Morgan fingerprint density at radius 1 is 1.45 bits per heavy atom. The summed E-state index contributed by atoms with van der Waals surface area (Å²) in [5.41, 5.74) is 0.506. The number of nitrogens with zero attached hydrogens (tertiary/aromatic N) is 2. The number of rotatable bonds is 5. The Hall–Kier alpha value is -1.74. The Kier molecular flexibility index (Phi) is 4.66. The molecular formula is C11H17N3O5S. The van der Waals surface area contributed by atoms with Gasteiger partial charge in [0.05, 0.1) is 11.7 Å². The number of nitrogens with two attached hydrogens (primary N) is 1. The molecule has 1 rings (SSSR count). The minimum Gasteiger partial charge on any atom is -0.481 e. The molecule has 112 valence electrons. The van der Waals surface area contributed by atoms with Gasteiger partial charge in [0.25, 0.3) is 0 Å². The van der Waals surface area contributed by atoms with Crippen LogP contribution < -0.4 is 10.8 Å². The number of carbonyl (C=O) groups is 1. The van der Waals surface area contributed by atoms with Crippen molar-refractivity contribution in [3.63, 3.8) is 0 Å². The molecule has 0 amide bonds.